The molecule has 4 rings (SSSR count). The normalized spacial score (nSPS) is 25.3. The molecule has 0 saturated heterocycles. The summed E-state index contributed by atoms with van der Waals surface area (Å²) in [5.41, 5.74) is -3.52. The molecule has 178 valence electrons. The molecule has 2 N–H and O–H groups in total. The molecular weight excluding hydrogens is 435 g/mol. The molecule has 2 aromatic rings. The Hall–Kier alpha value is -2.52. The highest BCUT2D eigenvalue weighted by molar-refractivity contribution is 5.95. The number of alkyl halides is 3. The van der Waals surface area contributed by atoms with E-state index in [0.717, 1.165) is 25.0 Å². The maximum atomic E-state index is 13.4. The van der Waals surface area contributed by atoms with Crippen molar-refractivity contribution in [2.45, 2.75) is 74.7 Å². The van der Waals surface area contributed by atoms with E-state index in [9.17, 15) is 28.2 Å². The number of benzene rings is 1. The lowest BCUT2D eigenvalue weighted by Crippen LogP contribution is -2.48. The summed E-state index contributed by atoms with van der Waals surface area (Å²) in [5.74, 6) is 0.399. The third-order valence-electron chi connectivity index (χ3n) is 7.07. The van der Waals surface area contributed by atoms with Crippen LogP contribution in [0.3, 0.4) is 0 Å². The fourth-order valence-corrected chi connectivity index (χ4v) is 4.69. The van der Waals surface area contributed by atoms with Gasteiger partial charge in [-0.25, -0.2) is 9.97 Å². The molecule has 2 aliphatic rings. The first kappa shape index (κ1) is 23.6. The Bertz CT molecular complexity index is 968. The molecular formula is C24H28F3N3O3. The third kappa shape index (κ3) is 4.48. The van der Waals surface area contributed by atoms with Crippen molar-refractivity contribution in [1.82, 2.24) is 14.9 Å². The van der Waals surface area contributed by atoms with Crippen molar-refractivity contribution >= 4 is 5.91 Å². The van der Waals surface area contributed by atoms with E-state index in [1.165, 1.54) is 12.1 Å². The molecule has 2 saturated carbocycles. The second-order valence-corrected chi connectivity index (χ2v) is 9.33. The molecule has 6 nitrogen and oxygen atoms in total. The molecule has 2 aliphatic carbocycles. The number of aromatic nitrogens is 2. The highest BCUT2D eigenvalue weighted by Gasteiger charge is 2.51. The molecule has 1 aromatic carbocycles. The maximum absolute atomic E-state index is 13.4. The van der Waals surface area contributed by atoms with E-state index in [-0.39, 0.29) is 30.2 Å². The molecule has 1 aromatic heterocycles. The lowest BCUT2D eigenvalue weighted by Gasteiger charge is -2.42. The molecule has 9 heteroatoms. The monoisotopic (exact) mass is 463 g/mol. The lowest BCUT2D eigenvalue weighted by atomic mass is 9.72. The zero-order chi connectivity index (χ0) is 23.9. The largest absolute Gasteiger partial charge is 0.421 e. The van der Waals surface area contributed by atoms with Crippen molar-refractivity contribution in [3.8, 4) is 0 Å². The van der Waals surface area contributed by atoms with Crippen molar-refractivity contribution < 1.29 is 28.2 Å². The van der Waals surface area contributed by atoms with Crippen LogP contribution in [0.2, 0.25) is 0 Å². The molecule has 0 spiro atoms. The molecule has 1 amide bonds. The summed E-state index contributed by atoms with van der Waals surface area (Å²) in [4.78, 5) is 23.9. The topological polar surface area (TPSA) is 86.5 Å². The van der Waals surface area contributed by atoms with Crippen LogP contribution in [0.1, 0.15) is 67.2 Å². The Morgan fingerprint density at radius 2 is 1.61 bits per heavy atom. The van der Waals surface area contributed by atoms with Crippen molar-refractivity contribution in [3.63, 3.8) is 0 Å². The Labute approximate surface area is 190 Å². The SMILES string of the molecule is CC(O)(c1ccc(C(=O)N(C2CC2)C2CCC(CO)(c3ncccn3)CC2)cc1)C(F)(F)F. The van der Waals surface area contributed by atoms with Crippen LogP contribution in [-0.2, 0) is 11.0 Å². The second-order valence-electron chi connectivity index (χ2n) is 9.33. The van der Waals surface area contributed by atoms with E-state index in [1.807, 2.05) is 4.90 Å². The number of halogens is 3. The predicted octanol–water partition coefficient (Wildman–Crippen LogP) is 3.72. The third-order valence-corrected chi connectivity index (χ3v) is 7.07. The van der Waals surface area contributed by atoms with Crippen LogP contribution in [0.15, 0.2) is 42.7 Å². The van der Waals surface area contributed by atoms with E-state index < -0.39 is 17.2 Å². The summed E-state index contributed by atoms with van der Waals surface area (Å²) in [6.45, 7) is 0.633. The molecule has 33 heavy (non-hydrogen) atoms. The number of aliphatic hydroxyl groups excluding tert-OH is 1. The average molecular weight is 464 g/mol. The zero-order valence-corrected chi connectivity index (χ0v) is 18.4. The van der Waals surface area contributed by atoms with Crippen molar-refractivity contribution in [2.24, 2.45) is 0 Å². The van der Waals surface area contributed by atoms with Crippen molar-refractivity contribution in [2.75, 3.05) is 6.61 Å². The van der Waals surface area contributed by atoms with E-state index in [1.54, 1.807) is 18.5 Å². The van der Waals surface area contributed by atoms with Crippen molar-refractivity contribution in [3.05, 3.63) is 59.7 Å². The van der Waals surface area contributed by atoms with Gasteiger partial charge in [0, 0.05) is 30.0 Å². The Morgan fingerprint density at radius 1 is 1.06 bits per heavy atom. The molecule has 0 radical (unpaired) electrons. The van der Waals surface area contributed by atoms with E-state index in [2.05, 4.69) is 9.97 Å². The van der Waals surface area contributed by atoms with Gasteiger partial charge in [0.2, 0.25) is 0 Å². The molecule has 0 bridgehead atoms. The first-order chi connectivity index (χ1) is 15.6. The van der Waals surface area contributed by atoms with E-state index in [0.29, 0.717) is 44.0 Å². The second kappa shape index (κ2) is 8.68. The van der Waals surface area contributed by atoms with Gasteiger partial charge in [0.25, 0.3) is 5.91 Å². The summed E-state index contributed by atoms with van der Waals surface area (Å²) in [6.07, 6.45) is 2.94. The van der Waals surface area contributed by atoms with Gasteiger partial charge >= 0.3 is 6.18 Å². The van der Waals surface area contributed by atoms with Crippen LogP contribution in [0.4, 0.5) is 13.2 Å². The van der Waals surface area contributed by atoms with Crippen LogP contribution in [-0.4, -0.2) is 55.9 Å². The first-order valence-electron chi connectivity index (χ1n) is 11.2. The van der Waals surface area contributed by atoms with Gasteiger partial charge in [-0.15, -0.1) is 0 Å². The van der Waals surface area contributed by atoms with Crippen LogP contribution in [0, 0.1) is 0 Å². The van der Waals surface area contributed by atoms with Crippen LogP contribution >= 0.6 is 0 Å². The van der Waals surface area contributed by atoms with Gasteiger partial charge in [0.05, 0.1) is 12.0 Å². The minimum atomic E-state index is -4.82. The Balaban J connectivity index is 1.50. The van der Waals surface area contributed by atoms with Crippen molar-refractivity contribution in [1.29, 1.82) is 0 Å². The fraction of sp³-hybridized carbons (Fsp3) is 0.542. The molecule has 1 heterocycles. The summed E-state index contributed by atoms with van der Waals surface area (Å²) >= 11 is 0. The number of carbonyl (C=O) groups excluding carboxylic acids is 1. The summed E-state index contributed by atoms with van der Waals surface area (Å²) in [6, 6.07) is 6.86. The number of hydrogen-bond acceptors (Lipinski definition) is 5. The van der Waals surface area contributed by atoms with Gasteiger partial charge in [0.15, 0.2) is 5.60 Å². The smallest absolute Gasteiger partial charge is 0.395 e. The predicted molar refractivity (Wildman–Crippen MR) is 114 cm³/mol. The summed E-state index contributed by atoms with van der Waals surface area (Å²) < 4.78 is 39.4. The Kier molecular flexibility index (Phi) is 6.22. The fourth-order valence-electron chi connectivity index (χ4n) is 4.69. The summed E-state index contributed by atoms with van der Waals surface area (Å²) in [7, 11) is 0. The number of rotatable bonds is 6. The minimum absolute atomic E-state index is 0.0219. The standard InChI is InChI=1S/C24H28F3N3O3/c1-22(33,24(25,26)27)17-5-3-16(4-6-17)20(32)30(18-7-8-18)19-9-11-23(15-31,12-10-19)21-28-13-2-14-29-21/h2-6,13-14,18-19,31,33H,7-12,15H2,1H3. The van der Waals surface area contributed by atoms with Crippen LogP contribution < -0.4 is 0 Å². The molecule has 0 aliphatic heterocycles. The van der Waals surface area contributed by atoms with E-state index >= 15 is 0 Å². The quantitative estimate of drug-likeness (QED) is 0.682. The number of hydrogen-bond donors (Lipinski definition) is 2. The van der Waals surface area contributed by atoms with Gasteiger partial charge in [-0.2, -0.15) is 13.2 Å². The lowest BCUT2D eigenvalue weighted by molar-refractivity contribution is -0.258. The van der Waals surface area contributed by atoms with Gasteiger partial charge in [-0.05, 0) is 69.2 Å². The number of amides is 1. The van der Waals surface area contributed by atoms with Crippen LogP contribution in [0.25, 0.3) is 0 Å². The van der Waals surface area contributed by atoms with Crippen LogP contribution in [0.5, 0.6) is 0 Å². The highest BCUT2D eigenvalue weighted by Crippen LogP contribution is 2.42. The molecule has 2 fully saturated rings. The van der Waals surface area contributed by atoms with Gasteiger partial charge in [-0.3, -0.25) is 4.79 Å². The maximum Gasteiger partial charge on any atom is 0.421 e. The van der Waals surface area contributed by atoms with Gasteiger partial charge in [0.1, 0.15) is 5.82 Å². The first-order valence-corrected chi connectivity index (χ1v) is 11.2. The van der Waals surface area contributed by atoms with Gasteiger partial charge < -0.3 is 15.1 Å². The number of aliphatic hydroxyl groups is 2. The summed E-state index contributed by atoms with van der Waals surface area (Å²) in [5, 5.41) is 20.0. The number of nitrogens with zero attached hydrogens (tertiary/aromatic N) is 3. The average Bonchev–Trinajstić information content (AvgIpc) is 3.65. The molecule has 1 unspecified atom stereocenters. The zero-order valence-electron chi connectivity index (χ0n) is 18.4. The number of carbonyl (C=O) groups is 1. The highest BCUT2D eigenvalue weighted by atomic mass is 19.4. The molecule has 1 atom stereocenters. The minimum Gasteiger partial charge on any atom is -0.395 e. The van der Waals surface area contributed by atoms with E-state index in [4.69, 9.17) is 0 Å². The van der Waals surface area contributed by atoms with Gasteiger partial charge in [-0.1, -0.05) is 12.1 Å². The Morgan fingerprint density at radius 3 is 2.09 bits per heavy atom.